The molecule has 14 heavy (non-hydrogen) atoms. The van der Waals surface area contributed by atoms with Crippen LogP contribution in [0.4, 0.5) is 13.2 Å². The van der Waals surface area contributed by atoms with E-state index in [-0.39, 0.29) is 11.8 Å². The van der Waals surface area contributed by atoms with E-state index in [2.05, 4.69) is 0 Å². The van der Waals surface area contributed by atoms with Crippen molar-refractivity contribution < 1.29 is 13.2 Å². The molecular formula is C11H19F3. The lowest BCUT2D eigenvalue weighted by Crippen LogP contribution is -2.35. The van der Waals surface area contributed by atoms with E-state index in [1.807, 2.05) is 13.8 Å². The second-order valence-electron chi connectivity index (χ2n) is 4.94. The Labute approximate surface area is 83.9 Å². The van der Waals surface area contributed by atoms with Crippen LogP contribution < -0.4 is 0 Å². The summed E-state index contributed by atoms with van der Waals surface area (Å²) in [6.45, 7) is 5.77. The van der Waals surface area contributed by atoms with Gasteiger partial charge in [0, 0.05) is 0 Å². The molecule has 1 saturated carbocycles. The molecule has 1 rings (SSSR count). The molecule has 0 N–H and O–H groups in total. The molecule has 84 valence electrons. The quantitative estimate of drug-likeness (QED) is 0.604. The highest BCUT2D eigenvalue weighted by atomic mass is 19.4. The predicted molar refractivity (Wildman–Crippen MR) is 50.9 cm³/mol. The summed E-state index contributed by atoms with van der Waals surface area (Å²) in [5.41, 5.74) is 0. The number of rotatable bonds is 1. The van der Waals surface area contributed by atoms with Gasteiger partial charge in [0.1, 0.15) is 0 Å². The first-order valence-corrected chi connectivity index (χ1v) is 5.39. The van der Waals surface area contributed by atoms with Crippen LogP contribution in [0.15, 0.2) is 0 Å². The van der Waals surface area contributed by atoms with Crippen molar-refractivity contribution in [2.24, 2.45) is 23.7 Å². The summed E-state index contributed by atoms with van der Waals surface area (Å²) >= 11 is 0. The second kappa shape index (κ2) is 4.11. The standard InChI is InChI=1S/C11H19F3/c1-7(2)9-5-4-8(3)10(6-9)11(12,13)14/h7-10H,4-6H2,1-3H3. The van der Waals surface area contributed by atoms with E-state index in [9.17, 15) is 13.2 Å². The SMILES string of the molecule is CC(C)C1CCC(C)C(C(F)(F)F)C1. The average molecular weight is 208 g/mol. The molecule has 3 atom stereocenters. The first-order chi connectivity index (χ1) is 6.32. The van der Waals surface area contributed by atoms with E-state index in [1.54, 1.807) is 6.92 Å². The second-order valence-corrected chi connectivity index (χ2v) is 4.94. The molecule has 0 saturated heterocycles. The summed E-state index contributed by atoms with van der Waals surface area (Å²) in [6, 6.07) is 0. The van der Waals surface area contributed by atoms with Crippen LogP contribution in [0.25, 0.3) is 0 Å². The van der Waals surface area contributed by atoms with Gasteiger partial charge in [0.05, 0.1) is 5.92 Å². The summed E-state index contributed by atoms with van der Waals surface area (Å²) in [6.07, 6.45) is -1.96. The van der Waals surface area contributed by atoms with E-state index >= 15 is 0 Å². The minimum atomic E-state index is -3.99. The Morgan fingerprint density at radius 2 is 1.71 bits per heavy atom. The Kier molecular flexibility index (Phi) is 3.49. The zero-order valence-electron chi connectivity index (χ0n) is 9.06. The first-order valence-electron chi connectivity index (χ1n) is 5.39. The highest BCUT2D eigenvalue weighted by Crippen LogP contribution is 2.45. The molecule has 3 heteroatoms. The molecular weight excluding hydrogens is 189 g/mol. The molecule has 1 fully saturated rings. The molecule has 1 aliphatic rings. The van der Waals surface area contributed by atoms with Gasteiger partial charge in [-0.15, -0.1) is 0 Å². The van der Waals surface area contributed by atoms with Crippen molar-refractivity contribution >= 4 is 0 Å². The maximum absolute atomic E-state index is 12.6. The van der Waals surface area contributed by atoms with Crippen molar-refractivity contribution in [2.45, 2.75) is 46.2 Å². The van der Waals surface area contributed by atoms with Gasteiger partial charge in [-0.3, -0.25) is 0 Å². The van der Waals surface area contributed by atoms with Crippen LogP contribution in [0.2, 0.25) is 0 Å². The molecule has 0 aromatic heterocycles. The highest BCUT2D eigenvalue weighted by Gasteiger charge is 2.46. The smallest absolute Gasteiger partial charge is 0.171 e. The third kappa shape index (κ3) is 2.64. The molecule has 0 aliphatic heterocycles. The van der Waals surface area contributed by atoms with Crippen molar-refractivity contribution in [3.05, 3.63) is 0 Å². The lowest BCUT2D eigenvalue weighted by Gasteiger charge is -2.37. The third-order valence-electron chi connectivity index (χ3n) is 3.60. The Bertz CT molecular complexity index is 183. The Hall–Kier alpha value is -0.210. The van der Waals surface area contributed by atoms with E-state index in [0.717, 1.165) is 12.8 Å². The monoisotopic (exact) mass is 208 g/mol. The van der Waals surface area contributed by atoms with Gasteiger partial charge in [-0.1, -0.05) is 20.8 Å². The van der Waals surface area contributed by atoms with Gasteiger partial charge in [-0.25, -0.2) is 0 Å². The van der Waals surface area contributed by atoms with Crippen LogP contribution in [0.5, 0.6) is 0 Å². The topological polar surface area (TPSA) is 0 Å². The zero-order chi connectivity index (χ0) is 10.9. The van der Waals surface area contributed by atoms with Gasteiger partial charge in [0.15, 0.2) is 0 Å². The zero-order valence-corrected chi connectivity index (χ0v) is 9.06. The fourth-order valence-electron chi connectivity index (χ4n) is 2.42. The maximum atomic E-state index is 12.6. The van der Waals surface area contributed by atoms with E-state index in [0.29, 0.717) is 12.3 Å². The molecule has 0 spiro atoms. The van der Waals surface area contributed by atoms with Crippen molar-refractivity contribution in [3.63, 3.8) is 0 Å². The molecule has 3 unspecified atom stereocenters. The van der Waals surface area contributed by atoms with Gasteiger partial charge >= 0.3 is 6.18 Å². The van der Waals surface area contributed by atoms with Crippen molar-refractivity contribution in [1.82, 2.24) is 0 Å². The summed E-state index contributed by atoms with van der Waals surface area (Å²) in [5.74, 6) is -0.612. The molecule has 0 nitrogen and oxygen atoms in total. The largest absolute Gasteiger partial charge is 0.392 e. The lowest BCUT2D eigenvalue weighted by atomic mass is 9.71. The number of alkyl halides is 3. The molecule has 0 bridgehead atoms. The maximum Gasteiger partial charge on any atom is 0.392 e. The Morgan fingerprint density at radius 3 is 2.14 bits per heavy atom. The number of hydrogen-bond acceptors (Lipinski definition) is 0. The Morgan fingerprint density at radius 1 is 1.14 bits per heavy atom. The van der Waals surface area contributed by atoms with Crippen LogP contribution in [0, 0.1) is 23.7 Å². The van der Waals surface area contributed by atoms with Gasteiger partial charge in [-0.05, 0) is 37.0 Å². The average Bonchev–Trinajstić information content (AvgIpc) is 2.02. The lowest BCUT2D eigenvalue weighted by molar-refractivity contribution is -0.200. The molecule has 0 amide bonds. The Balaban J connectivity index is 2.65. The van der Waals surface area contributed by atoms with Gasteiger partial charge < -0.3 is 0 Å². The van der Waals surface area contributed by atoms with Crippen LogP contribution >= 0.6 is 0 Å². The van der Waals surface area contributed by atoms with Crippen LogP contribution in [0.3, 0.4) is 0 Å². The molecule has 0 aromatic carbocycles. The van der Waals surface area contributed by atoms with E-state index in [1.165, 1.54) is 0 Å². The first kappa shape index (κ1) is 11.9. The summed E-state index contributed by atoms with van der Waals surface area (Å²) < 4.78 is 37.9. The van der Waals surface area contributed by atoms with E-state index in [4.69, 9.17) is 0 Å². The number of hydrogen-bond donors (Lipinski definition) is 0. The third-order valence-corrected chi connectivity index (χ3v) is 3.60. The fourth-order valence-corrected chi connectivity index (χ4v) is 2.42. The van der Waals surface area contributed by atoms with Gasteiger partial charge in [0.2, 0.25) is 0 Å². The molecule has 1 aliphatic carbocycles. The molecule has 0 radical (unpaired) electrons. The molecule has 0 heterocycles. The van der Waals surface area contributed by atoms with Crippen LogP contribution in [-0.2, 0) is 0 Å². The van der Waals surface area contributed by atoms with Crippen LogP contribution in [-0.4, -0.2) is 6.18 Å². The molecule has 0 aromatic rings. The fraction of sp³-hybridized carbons (Fsp3) is 1.00. The minimum absolute atomic E-state index is 0.190. The predicted octanol–water partition coefficient (Wildman–Crippen LogP) is 4.26. The van der Waals surface area contributed by atoms with Crippen LogP contribution in [0.1, 0.15) is 40.0 Å². The summed E-state index contributed by atoms with van der Waals surface area (Å²) in [7, 11) is 0. The normalized spacial score (nSPS) is 34.9. The minimum Gasteiger partial charge on any atom is -0.171 e. The van der Waals surface area contributed by atoms with Crippen molar-refractivity contribution in [3.8, 4) is 0 Å². The summed E-state index contributed by atoms with van der Waals surface area (Å²) in [4.78, 5) is 0. The van der Waals surface area contributed by atoms with Gasteiger partial charge in [0.25, 0.3) is 0 Å². The van der Waals surface area contributed by atoms with E-state index < -0.39 is 12.1 Å². The van der Waals surface area contributed by atoms with Crippen molar-refractivity contribution in [1.29, 1.82) is 0 Å². The van der Waals surface area contributed by atoms with Gasteiger partial charge in [-0.2, -0.15) is 13.2 Å². The van der Waals surface area contributed by atoms with Crippen molar-refractivity contribution in [2.75, 3.05) is 0 Å². The number of halogens is 3. The highest BCUT2D eigenvalue weighted by molar-refractivity contribution is 4.83. The summed E-state index contributed by atoms with van der Waals surface area (Å²) in [5, 5.41) is 0.